The zero-order valence-electron chi connectivity index (χ0n) is 15.9. The largest absolute Gasteiger partial charge is 0.329 e. The number of anilines is 1. The highest BCUT2D eigenvalue weighted by Crippen LogP contribution is 2.22. The number of para-hydroxylation sites is 1. The molecule has 0 saturated heterocycles. The highest BCUT2D eigenvalue weighted by Gasteiger charge is 2.18. The normalized spacial score (nSPS) is 11.1. The molecule has 0 spiro atoms. The lowest BCUT2D eigenvalue weighted by atomic mass is 10.2. The molecule has 0 radical (unpaired) electrons. The van der Waals surface area contributed by atoms with Crippen LogP contribution in [0.25, 0.3) is 11.2 Å². The summed E-state index contributed by atoms with van der Waals surface area (Å²) < 4.78 is 3.13. The Kier molecular flexibility index (Phi) is 6.35. The second-order valence-corrected chi connectivity index (χ2v) is 7.39. The Hall–Kier alpha value is -2.81. The van der Waals surface area contributed by atoms with Crippen molar-refractivity contribution < 1.29 is 4.79 Å². The number of unbranched alkanes of at least 4 members (excludes halogenated alkanes) is 2. The second kappa shape index (κ2) is 8.92. The summed E-state index contributed by atoms with van der Waals surface area (Å²) in [4.78, 5) is 43.3. The van der Waals surface area contributed by atoms with E-state index in [4.69, 9.17) is 0 Å². The van der Waals surface area contributed by atoms with Crippen LogP contribution in [0.2, 0.25) is 0 Å². The molecule has 0 saturated carbocycles. The molecule has 3 rings (SSSR count). The zero-order chi connectivity index (χ0) is 20.1. The van der Waals surface area contributed by atoms with E-state index in [1.165, 1.54) is 16.3 Å². The Morgan fingerprint density at radius 3 is 2.68 bits per heavy atom. The fourth-order valence-electron chi connectivity index (χ4n) is 2.90. The molecule has 2 heterocycles. The van der Waals surface area contributed by atoms with Crippen LogP contribution in [0.3, 0.4) is 0 Å². The van der Waals surface area contributed by atoms with Crippen molar-refractivity contribution in [1.82, 2.24) is 19.1 Å². The molecule has 0 aliphatic carbocycles. The highest BCUT2D eigenvalue weighted by atomic mass is 32.2. The maximum Gasteiger partial charge on any atom is 0.329 e. The Morgan fingerprint density at radius 2 is 1.96 bits per heavy atom. The van der Waals surface area contributed by atoms with Crippen LogP contribution >= 0.6 is 11.8 Å². The van der Waals surface area contributed by atoms with Crippen LogP contribution in [-0.2, 0) is 18.4 Å². The van der Waals surface area contributed by atoms with Gasteiger partial charge in [-0.1, -0.05) is 49.7 Å². The molecule has 8 nitrogen and oxygen atoms in total. The lowest BCUT2D eigenvalue weighted by Crippen LogP contribution is -2.29. The van der Waals surface area contributed by atoms with Gasteiger partial charge in [0, 0.05) is 19.3 Å². The number of aromatic amines is 1. The smallest absolute Gasteiger partial charge is 0.325 e. The SMILES string of the molecule is CCCCCn1c(SCC(=O)Nc2ccccc2)nc2c1c(=O)[nH]c(=O)n2C. The number of nitrogens with zero attached hydrogens (tertiary/aromatic N) is 3. The average molecular weight is 401 g/mol. The maximum absolute atomic E-state index is 12.4. The van der Waals surface area contributed by atoms with E-state index in [0.717, 1.165) is 24.9 Å². The summed E-state index contributed by atoms with van der Waals surface area (Å²) in [6.45, 7) is 2.71. The molecule has 0 aliphatic rings. The number of H-pyrrole nitrogens is 1. The van der Waals surface area contributed by atoms with Crippen molar-refractivity contribution in [3.05, 3.63) is 51.2 Å². The summed E-state index contributed by atoms with van der Waals surface area (Å²) in [5, 5.41) is 3.39. The Labute approximate surface area is 166 Å². The molecule has 3 aromatic rings. The average Bonchev–Trinajstić information content (AvgIpc) is 3.05. The van der Waals surface area contributed by atoms with Gasteiger partial charge in [0.15, 0.2) is 16.3 Å². The number of rotatable bonds is 8. The Bertz CT molecular complexity index is 1080. The topological polar surface area (TPSA) is 102 Å². The number of fused-ring (bicyclic) bond motifs is 1. The molecule has 0 atom stereocenters. The van der Waals surface area contributed by atoms with Crippen LogP contribution in [-0.4, -0.2) is 30.8 Å². The summed E-state index contributed by atoms with van der Waals surface area (Å²) in [7, 11) is 1.57. The van der Waals surface area contributed by atoms with Crippen molar-refractivity contribution in [2.24, 2.45) is 7.05 Å². The van der Waals surface area contributed by atoms with Gasteiger partial charge in [0.25, 0.3) is 5.56 Å². The Balaban J connectivity index is 1.86. The molecule has 148 valence electrons. The number of carbonyl (C=O) groups is 1. The number of aryl methyl sites for hydroxylation is 2. The number of hydrogen-bond acceptors (Lipinski definition) is 5. The number of nitrogens with one attached hydrogen (secondary N) is 2. The van der Waals surface area contributed by atoms with E-state index in [0.29, 0.717) is 22.9 Å². The standard InChI is InChI=1S/C19H23N5O3S/c1-3-4-8-11-24-15-16(23(2)18(27)22-17(15)26)21-19(24)28-12-14(25)20-13-9-6-5-7-10-13/h5-7,9-10H,3-4,8,11-12H2,1-2H3,(H,20,25)(H,22,26,27). The van der Waals surface area contributed by atoms with Gasteiger partial charge in [-0.05, 0) is 18.6 Å². The van der Waals surface area contributed by atoms with Crippen LogP contribution in [0.15, 0.2) is 45.1 Å². The third-order valence-electron chi connectivity index (χ3n) is 4.35. The number of amides is 1. The van der Waals surface area contributed by atoms with Crippen LogP contribution in [0.1, 0.15) is 26.2 Å². The summed E-state index contributed by atoms with van der Waals surface area (Å²) in [5.41, 5.74) is 0.459. The number of aromatic nitrogens is 4. The van der Waals surface area contributed by atoms with Crippen molar-refractivity contribution >= 4 is 34.5 Å². The third kappa shape index (κ3) is 4.36. The van der Waals surface area contributed by atoms with Gasteiger partial charge in [-0.15, -0.1) is 0 Å². The van der Waals surface area contributed by atoms with Gasteiger partial charge in [0.1, 0.15) is 0 Å². The summed E-state index contributed by atoms with van der Waals surface area (Å²) >= 11 is 1.25. The highest BCUT2D eigenvalue weighted by molar-refractivity contribution is 7.99. The van der Waals surface area contributed by atoms with E-state index in [1.54, 1.807) is 7.05 Å². The van der Waals surface area contributed by atoms with Gasteiger partial charge >= 0.3 is 5.69 Å². The molecule has 2 aromatic heterocycles. The molecular weight excluding hydrogens is 378 g/mol. The molecule has 0 bridgehead atoms. The monoisotopic (exact) mass is 401 g/mol. The maximum atomic E-state index is 12.4. The second-order valence-electron chi connectivity index (χ2n) is 6.45. The number of hydrogen-bond donors (Lipinski definition) is 2. The summed E-state index contributed by atoms with van der Waals surface area (Å²) in [5.74, 6) is -0.0103. The van der Waals surface area contributed by atoms with Crippen molar-refractivity contribution in [3.8, 4) is 0 Å². The van der Waals surface area contributed by atoms with E-state index in [9.17, 15) is 14.4 Å². The van der Waals surface area contributed by atoms with E-state index in [-0.39, 0.29) is 11.7 Å². The first kappa shape index (κ1) is 19.9. The molecule has 28 heavy (non-hydrogen) atoms. The van der Waals surface area contributed by atoms with E-state index >= 15 is 0 Å². The van der Waals surface area contributed by atoms with Crippen molar-refractivity contribution in [2.45, 2.75) is 37.9 Å². The van der Waals surface area contributed by atoms with Crippen LogP contribution in [0.5, 0.6) is 0 Å². The number of benzene rings is 1. The fraction of sp³-hybridized carbons (Fsp3) is 0.368. The third-order valence-corrected chi connectivity index (χ3v) is 5.32. The first-order valence-corrected chi connectivity index (χ1v) is 10.2. The minimum Gasteiger partial charge on any atom is -0.325 e. The van der Waals surface area contributed by atoms with Gasteiger partial charge in [0.2, 0.25) is 5.91 Å². The molecule has 0 aliphatic heterocycles. The number of thioether (sulfide) groups is 1. The molecule has 1 amide bonds. The summed E-state index contributed by atoms with van der Waals surface area (Å²) in [6.07, 6.45) is 2.94. The number of imidazole rings is 1. The van der Waals surface area contributed by atoms with Crippen molar-refractivity contribution in [1.29, 1.82) is 0 Å². The van der Waals surface area contributed by atoms with Gasteiger partial charge in [-0.25, -0.2) is 9.78 Å². The first-order chi connectivity index (χ1) is 13.5. The fourth-order valence-corrected chi connectivity index (χ4v) is 3.72. The molecule has 0 fully saturated rings. The van der Waals surface area contributed by atoms with Crippen molar-refractivity contribution in [3.63, 3.8) is 0 Å². The minimum absolute atomic E-state index is 0.151. The van der Waals surface area contributed by atoms with Crippen LogP contribution in [0.4, 0.5) is 5.69 Å². The lowest BCUT2D eigenvalue weighted by Gasteiger charge is -2.08. The Morgan fingerprint density at radius 1 is 1.21 bits per heavy atom. The molecule has 9 heteroatoms. The van der Waals surface area contributed by atoms with E-state index < -0.39 is 11.2 Å². The van der Waals surface area contributed by atoms with Gasteiger partial charge in [-0.2, -0.15) is 0 Å². The molecule has 0 unspecified atom stereocenters. The summed E-state index contributed by atoms with van der Waals surface area (Å²) in [6, 6.07) is 9.21. The van der Waals surface area contributed by atoms with Crippen molar-refractivity contribution in [2.75, 3.05) is 11.1 Å². The minimum atomic E-state index is -0.505. The predicted octanol–water partition coefficient (Wildman–Crippen LogP) is 2.34. The van der Waals surface area contributed by atoms with Crippen LogP contribution < -0.4 is 16.6 Å². The van der Waals surface area contributed by atoms with Crippen LogP contribution in [0, 0.1) is 0 Å². The molecule has 2 N–H and O–H groups in total. The zero-order valence-corrected chi connectivity index (χ0v) is 16.7. The van der Waals surface area contributed by atoms with Gasteiger partial charge < -0.3 is 9.88 Å². The quantitative estimate of drug-likeness (QED) is 0.446. The van der Waals surface area contributed by atoms with Gasteiger partial charge in [0.05, 0.1) is 5.75 Å². The van der Waals surface area contributed by atoms with E-state index in [1.807, 2.05) is 34.9 Å². The predicted molar refractivity (Wildman–Crippen MR) is 111 cm³/mol. The van der Waals surface area contributed by atoms with Gasteiger partial charge in [-0.3, -0.25) is 19.1 Å². The first-order valence-electron chi connectivity index (χ1n) is 9.18. The molecule has 1 aromatic carbocycles. The lowest BCUT2D eigenvalue weighted by molar-refractivity contribution is -0.113. The van der Waals surface area contributed by atoms with E-state index in [2.05, 4.69) is 22.2 Å². The molecular formula is C19H23N5O3S. The number of carbonyl (C=O) groups excluding carboxylic acids is 1.